The van der Waals surface area contributed by atoms with Crippen molar-refractivity contribution in [3.05, 3.63) is 71.4 Å². The lowest BCUT2D eigenvalue weighted by Gasteiger charge is -2.18. The number of ketones is 1. The summed E-state index contributed by atoms with van der Waals surface area (Å²) in [5, 5.41) is 0.832. The highest BCUT2D eigenvalue weighted by Gasteiger charge is 2.40. The zero-order valence-corrected chi connectivity index (χ0v) is 13.0. The SMILES string of the molecule is Cc1ccc([C@H](CC(=O)C(F)(F)F)c2c[nH]c3ccccc23)cc1. The van der Waals surface area contributed by atoms with E-state index >= 15 is 0 Å². The van der Waals surface area contributed by atoms with E-state index in [0.29, 0.717) is 11.1 Å². The number of halogens is 3. The van der Waals surface area contributed by atoms with Crippen LogP contribution in [0.4, 0.5) is 13.2 Å². The van der Waals surface area contributed by atoms with Gasteiger partial charge in [-0.25, -0.2) is 0 Å². The Hall–Kier alpha value is -2.56. The van der Waals surface area contributed by atoms with E-state index in [2.05, 4.69) is 4.98 Å². The van der Waals surface area contributed by atoms with E-state index in [9.17, 15) is 18.0 Å². The Labute approximate surface area is 137 Å². The molecule has 5 heteroatoms. The first-order valence-electron chi connectivity index (χ1n) is 7.59. The zero-order chi connectivity index (χ0) is 17.3. The molecule has 0 saturated carbocycles. The summed E-state index contributed by atoms with van der Waals surface area (Å²) in [5.41, 5.74) is 3.25. The van der Waals surface area contributed by atoms with Crippen molar-refractivity contribution in [2.24, 2.45) is 0 Å². The molecule has 1 N–H and O–H groups in total. The van der Waals surface area contributed by atoms with Crippen LogP contribution in [0.5, 0.6) is 0 Å². The smallest absolute Gasteiger partial charge is 0.361 e. The number of aromatic amines is 1. The molecule has 0 radical (unpaired) electrons. The Morgan fingerprint density at radius 2 is 1.75 bits per heavy atom. The first kappa shape index (κ1) is 16.3. The number of hydrogen-bond acceptors (Lipinski definition) is 1. The summed E-state index contributed by atoms with van der Waals surface area (Å²) in [6.45, 7) is 1.91. The standard InChI is InChI=1S/C19H16F3NO/c1-12-6-8-13(9-7-12)15(10-18(24)19(20,21)22)16-11-23-17-5-3-2-4-14(16)17/h2-9,11,15,23H,10H2,1H3/t15-/m0/s1. The molecule has 1 aromatic heterocycles. The van der Waals surface area contributed by atoms with Gasteiger partial charge in [0.05, 0.1) is 0 Å². The highest BCUT2D eigenvalue weighted by atomic mass is 19.4. The summed E-state index contributed by atoms with van der Waals surface area (Å²) in [5.74, 6) is -2.35. The van der Waals surface area contributed by atoms with Crippen molar-refractivity contribution in [2.75, 3.05) is 0 Å². The fourth-order valence-electron chi connectivity index (χ4n) is 2.89. The van der Waals surface area contributed by atoms with Gasteiger partial charge in [-0.3, -0.25) is 4.79 Å². The minimum atomic E-state index is -4.82. The quantitative estimate of drug-likeness (QED) is 0.706. The van der Waals surface area contributed by atoms with Crippen molar-refractivity contribution in [1.82, 2.24) is 4.98 Å². The maximum absolute atomic E-state index is 12.8. The third-order valence-electron chi connectivity index (χ3n) is 4.18. The van der Waals surface area contributed by atoms with Gasteiger partial charge in [-0.2, -0.15) is 13.2 Å². The molecule has 124 valence electrons. The summed E-state index contributed by atoms with van der Waals surface area (Å²) in [6, 6.07) is 14.6. The monoisotopic (exact) mass is 331 g/mol. The molecule has 2 aromatic carbocycles. The summed E-state index contributed by atoms with van der Waals surface area (Å²) < 4.78 is 38.4. The first-order valence-corrected chi connectivity index (χ1v) is 7.59. The van der Waals surface area contributed by atoms with Crippen LogP contribution >= 0.6 is 0 Å². The fraction of sp³-hybridized carbons (Fsp3) is 0.211. The normalized spacial score (nSPS) is 13.2. The molecule has 3 aromatic rings. The van der Waals surface area contributed by atoms with E-state index in [0.717, 1.165) is 16.5 Å². The summed E-state index contributed by atoms with van der Waals surface area (Å²) >= 11 is 0. The van der Waals surface area contributed by atoms with Gasteiger partial charge in [-0.05, 0) is 24.1 Å². The molecule has 0 bridgehead atoms. The Morgan fingerprint density at radius 1 is 1.08 bits per heavy atom. The molecule has 0 aliphatic heterocycles. The number of aryl methyl sites for hydroxylation is 1. The van der Waals surface area contributed by atoms with Gasteiger partial charge in [0.25, 0.3) is 0 Å². The number of nitrogens with one attached hydrogen (secondary N) is 1. The predicted molar refractivity (Wildman–Crippen MR) is 87.0 cm³/mol. The molecule has 3 rings (SSSR count). The van der Waals surface area contributed by atoms with Crippen LogP contribution in [0.3, 0.4) is 0 Å². The second kappa shape index (κ2) is 6.15. The average Bonchev–Trinajstić information content (AvgIpc) is 2.96. The van der Waals surface area contributed by atoms with E-state index in [4.69, 9.17) is 0 Å². The molecule has 1 heterocycles. The van der Waals surface area contributed by atoms with Crippen molar-refractivity contribution in [3.63, 3.8) is 0 Å². The van der Waals surface area contributed by atoms with Gasteiger partial charge in [0, 0.05) is 29.4 Å². The number of Topliss-reactive ketones (excluding diaryl/α,β-unsaturated/α-hetero) is 1. The molecule has 1 atom stereocenters. The van der Waals surface area contributed by atoms with E-state index < -0.39 is 24.3 Å². The largest absolute Gasteiger partial charge is 0.450 e. The maximum atomic E-state index is 12.8. The van der Waals surface area contributed by atoms with Crippen LogP contribution in [-0.2, 0) is 4.79 Å². The summed E-state index contributed by atoms with van der Waals surface area (Å²) in [4.78, 5) is 14.7. The van der Waals surface area contributed by atoms with Crippen LogP contribution in [0, 0.1) is 6.92 Å². The molecule has 0 spiro atoms. The number of rotatable bonds is 4. The van der Waals surface area contributed by atoms with Gasteiger partial charge in [0.2, 0.25) is 5.78 Å². The molecule has 0 aliphatic rings. The number of para-hydroxylation sites is 1. The summed E-state index contributed by atoms with van der Waals surface area (Å²) in [6.07, 6.45) is -3.73. The number of fused-ring (bicyclic) bond motifs is 1. The van der Waals surface area contributed by atoms with Crippen molar-refractivity contribution >= 4 is 16.7 Å². The average molecular weight is 331 g/mol. The molecule has 0 unspecified atom stereocenters. The van der Waals surface area contributed by atoms with Gasteiger partial charge < -0.3 is 4.98 Å². The lowest BCUT2D eigenvalue weighted by atomic mass is 9.86. The summed E-state index contributed by atoms with van der Waals surface area (Å²) in [7, 11) is 0. The van der Waals surface area contributed by atoms with Gasteiger partial charge in [0.1, 0.15) is 0 Å². The number of hydrogen-bond donors (Lipinski definition) is 1. The van der Waals surface area contributed by atoms with Gasteiger partial charge >= 0.3 is 6.18 Å². The van der Waals surface area contributed by atoms with Gasteiger partial charge in [-0.1, -0.05) is 48.0 Å². The highest BCUT2D eigenvalue weighted by molar-refractivity contribution is 5.88. The number of alkyl halides is 3. The van der Waals surface area contributed by atoms with Crippen molar-refractivity contribution < 1.29 is 18.0 Å². The van der Waals surface area contributed by atoms with E-state index in [-0.39, 0.29) is 0 Å². The Morgan fingerprint density at radius 3 is 2.42 bits per heavy atom. The lowest BCUT2D eigenvalue weighted by Crippen LogP contribution is -2.25. The van der Waals surface area contributed by atoms with E-state index in [1.54, 1.807) is 18.3 Å². The Kier molecular flexibility index (Phi) is 4.18. The second-order valence-corrected chi connectivity index (χ2v) is 5.88. The third-order valence-corrected chi connectivity index (χ3v) is 4.18. The number of carbonyl (C=O) groups excluding carboxylic acids is 1. The molecular formula is C19H16F3NO. The van der Waals surface area contributed by atoms with Crippen molar-refractivity contribution in [2.45, 2.75) is 25.4 Å². The van der Waals surface area contributed by atoms with Gasteiger partial charge in [0.15, 0.2) is 0 Å². The number of H-pyrrole nitrogens is 1. The number of carbonyl (C=O) groups is 1. The van der Waals surface area contributed by atoms with Crippen LogP contribution in [0.25, 0.3) is 10.9 Å². The van der Waals surface area contributed by atoms with Crippen LogP contribution in [0.2, 0.25) is 0 Å². The third kappa shape index (κ3) is 3.20. The molecule has 0 saturated heterocycles. The van der Waals surface area contributed by atoms with Crippen molar-refractivity contribution in [1.29, 1.82) is 0 Å². The fourth-order valence-corrected chi connectivity index (χ4v) is 2.89. The van der Waals surface area contributed by atoms with Crippen LogP contribution < -0.4 is 0 Å². The molecule has 0 amide bonds. The van der Waals surface area contributed by atoms with Crippen LogP contribution in [-0.4, -0.2) is 16.9 Å². The Balaban J connectivity index is 2.08. The first-order chi connectivity index (χ1) is 11.4. The van der Waals surface area contributed by atoms with E-state index in [1.165, 1.54) is 0 Å². The molecule has 24 heavy (non-hydrogen) atoms. The predicted octanol–water partition coefficient (Wildman–Crippen LogP) is 5.13. The lowest BCUT2D eigenvalue weighted by molar-refractivity contribution is -0.171. The van der Waals surface area contributed by atoms with Crippen LogP contribution in [0.15, 0.2) is 54.7 Å². The molecule has 2 nitrogen and oxygen atoms in total. The maximum Gasteiger partial charge on any atom is 0.450 e. The Bertz CT molecular complexity index is 862. The highest BCUT2D eigenvalue weighted by Crippen LogP contribution is 2.35. The molecule has 0 aliphatic carbocycles. The minimum absolute atomic E-state index is 0.603. The van der Waals surface area contributed by atoms with Crippen molar-refractivity contribution in [3.8, 4) is 0 Å². The topological polar surface area (TPSA) is 32.9 Å². The minimum Gasteiger partial charge on any atom is -0.361 e. The zero-order valence-electron chi connectivity index (χ0n) is 13.0. The number of aromatic nitrogens is 1. The van der Waals surface area contributed by atoms with E-state index in [1.807, 2.05) is 43.3 Å². The molecular weight excluding hydrogens is 315 g/mol. The van der Waals surface area contributed by atoms with Crippen LogP contribution in [0.1, 0.15) is 29.0 Å². The molecule has 0 fully saturated rings. The number of benzene rings is 2. The second-order valence-electron chi connectivity index (χ2n) is 5.88. The van der Waals surface area contributed by atoms with Gasteiger partial charge in [-0.15, -0.1) is 0 Å².